The van der Waals surface area contributed by atoms with Crippen LogP contribution in [0, 0.1) is 5.82 Å². The lowest BCUT2D eigenvalue weighted by Crippen LogP contribution is -2.08. The third-order valence-electron chi connectivity index (χ3n) is 2.85. The summed E-state index contributed by atoms with van der Waals surface area (Å²) in [6.45, 7) is 0. The standard InChI is InChI=1S/C15H10FN3O/c16-12-8-5-11(6-9-12)7-10-15(20)19-14-4-2-1-3-13(14)17-18-19/h1-10H/b10-7-. The summed E-state index contributed by atoms with van der Waals surface area (Å²) in [7, 11) is 0. The molecule has 0 N–H and O–H groups in total. The third-order valence-corrected chi connectivity index (χ3v) is 2.85. The fourth-order valence-electron chi connectivity index (χ4n) is 1.84. The molecule has 0 saturated heterocycles. The molecule has 2 aromatic carbocycles. The number of nitrogens with zero attached hydrogens (tertiary/aromatic N) is 3. The first-order chi connectivity index (χ1) is 9.74. The fourth-order valence-corrected chi connectivity index (χ4v) is 1.84. The summed E-state index contributed by atoms with van der Waals surface area (Å²) in [5.74, 6) is -0.612. The number of carbonyl (C=O) groups is 1. The molecule has 5 heteroatoms. The molecule has 0 unspecified atom stereocenters. The molecule has 1 aromatic heterocycles. The van der Waals surface area contributed by atoms with Gasteiger partial charge in [-0.05, 0) is 35.9 Å². The minimum absolute atomic E-state index is 0.303. The monoisotopic (exact) mass is 267 g/mol. The second kappa shape index (κ2) is 5.05. The first-order valence-corrected chi connectivity index (χ1v) is 6.02. The highest BCUT2D eigenvalue weighted by Gasteiger charge is 2.08. The largest absolute Gasteiger partial charge is 0.272 e. The summed E-state index contributed by atoms with van der Waals surface area (Å²) in [5, 5.41) is 7.74. The van der Waals surface area contributed by atoms with Crippen LogP contribution in [-0.2, 0) is 0 Å². The van der Waals surface area contributed by atoms with Gasteiger partial charge in [-0.25, -0.2) is 4.39 Å². The van der Waals surface area contributed by atoms with Crippen LogP contribution in [0.4, 0.5) is 4.39 Å². The number of hydrogen-bond acceptors (Lipinski definition) is 3. The van der Waals surface area contributed by atoms with E-state index in [2.05, 4.69) is 10.3 Å². The van der Waals surface area contributed by atoms with E-state index >= 15 is 0 Å². The second-order valence-electron chi connectivity index (χ2n) is 4.21. The summed E-state index contributed by atoms with van der Waals surface area (Å²) in [4.78, 5) is 12.1. The fraction of sp³-hybridized carbons (Fsp3) is 0. The van der Waals surface area contributed by atoms with Crippen LogP contribution in [-0.4, -0.2) is 20.9 Å². The molecule has 0 spiro atoms. The van der Waals surface area contributed by atoms with Crippen molar-refractivity contribution >= 4 is 23.0 Å². The van der Waals surface area contributed by atoms with Crippen LogP contribution >= 0.6 is 0 Å². The molecule has 98 valence electrons. The van der Waals surface area contributed by atoms with Gasteiger partial charge >= 0.3 is 0 Å². The van der Waals surface area contributed by atoms with E-state index in [0.29, 0.717) is 11.0 Å². The summed E-state index contributed by atoms with van der Waals surface area (Å²) >= 11 is 0. The lowest BCUT2D eigenvalue weighted by atomic mass is 10.2. The highest BCUT2D eigenvalue weighted by molar-refractivity contribution is 5.98. The van der Waals surface area contributed by atoms with Gasteiger partial charge in [0.25, 0.3) is 5.91 Å². The number of benzene rings is 2. The van der Waals surface area contributed by atoms with Crippen molar-refractivity contribution in [2.24, 2.45) is 0 Å². The van der Waals surface area contributed by atoms with E-state index in [4.69, 9.17) is 0 Å². The van der Waals surface area contributed by atoms with E-state index in [1.54, 1.807) is 30.3 Å². The smallest absolute Gasteiger partial charge is 0.267 e. The lowest BCUT2D eigenvalue weighted by molar-refractivity contribution is 0.0958. The second-order valence-corrected chi connectivity index (χ2v) is 4.21. The predicted octanol–water partition coefficient (Wildman–Crippen LogP) is 2.92. The first-order valence-electron chi connectivity index (χ1n) is 6.02. The topological polar surface area (TPSA) is 47.8 Å². The van der Waals surface area contributed by atoms with Gasteiger partial charge in [-0.15, -0.1) is 5.10 Å². The van der Waals surface area contributed by atoms with E-state index in [1.165, 1.54) is 22.9 Å². The molecule has 3 aromatic rings. The molecule has 0 amide bonds. The summed E-state index contributed by atoms with van der Waals surface area (Å²) in [6, 6.07) is 13.1. The molecule has 0 aliphatic carbocycles. The minimum Gasteiger partial charge on any atom is -0.267 e. The van der Waals surface area contributed by atoms with Gasteiger partial charge in [-0.1, -0.05) is 29.5 Å². The summed E-state index contributed by atoms with van der Waals surface area (Å²) < 4.78 is 14.0. The van der Waals surface area contributed by atoms with Crippen LogP contribution in [0.5, 0.6) is 0 Å². The Balaban J connectivity index is 1.87. The normalized spacial score (nSPS) is 11.2. The van der Waals surface area contributed by atoms with Gasteiger partial charge in [0.2, 0.25) is 0 Å². The number of allylic oxidation sites excluding steroid dienone is 1. The number of para-hydroxylation sites is 1. The lowest BCUT2D eigenvalue weighted by Gasteiger charge is -1.96. The van der Waals surface area contributed by atoms with E-state index in [0.717, 1.165) is 5.56 Å². The van der Waals surface area contributed by atoms with E-state index in [1.807, 2.05) is 12.1 Å². The van der Waals surface area contributed by atoms with Gasteiger partial charge in [0.1, 0.15) is 11.3 Å². The Hall–Kier alpha value is -2.82. The van der Waals surface area contributed by atoms with Crippen molar-refractivity contribution in [1.29, 1.82) is 0 Å². The maximum Gasteiger partial charge on any atom is 0.272 e. The van der Waals surface area contributed by atoms with Gasteiger partial charge in [0, 0.05) is 6.08 Å². The van der Waals surface area contributed by atoms with Crippen molar-refractivity contribution in [2.75, 3.05) is 0 Å². The molecular weight excluding hydrogens is 257 g/mol. The maximum absolute atomic E-state index is 12.8. The highest BCUT2D eigenvalue weighted by Crippen LogP contribution is 2.10. The first kappa shape index (κ1) is 12.2. The van der Waals surface area contributed by atoms with Crippen molar-refractivity contribution in [3.05, 3.63) is 66.0 Å². The van der Waals surface area contributed by atoms with Crippen LogP contribution in [0.1, 0.15) is 10.4 Å². The molecule has 4 nitrogen and oxygen atoms in total. The zero-order chi connectivity index (χ0) is 13.9. The number of halogens is 1. The van der Waals surface area contributed by atoms with Crippen LogP contribution in [0.3, 0.4) is 0 Å². The van der Waals surface area contributed by atoms with Gasteiger partial charge in [-0.2, -0.15) is 4.68 Å². The Morgan fingerprint density at radius 2 is 1.85 bits per heavy atom. The van der Waals surface area contributed by atoms with Gasteiger partial charge in [-0.3, -0.25) is 4.79 Å². The molecule has 0 fully saturated rings. The van der Waals surface area contributed by atoms with Crippen molar-refractivity contribution in [1.82, 2.24) is 15.0 Å². The molecule has 1 heterocycles. The van der Waals surface area contributed by atoms with Crippen molar-refractivity contribution < 1.29 is 9.18 Å². The summed E-state index contributed by atoms with van der Waals surface area (Å²) in [6.07, 6.45) is 2.99. The van der Waals surface area contributed by atoms with E-state index < -0.39 is 0 Å². The van der Waals surface area contributed by atoms with Crippen molar-refractivity contribution in [2.45, 2.75) is 0 Å². The molecule has 0 bridgehead atoms. The number of hydrogen-bond donors (Lipinski definition) is 0. The number of rotatable bonds is 2. The number of carbonyl (C=O) groups excluding carboxylic acids is 1. The Labute approximate surface area is 114 Å². The molecular formula is C15H10FN3O. The van der Waals surface area contributed by atoms with E-state index in [-0.39, 0.29) is 11.7 Å². The number of fused-ring (bicyclic) bond motifs is 1. The Morgan fingerprint density at radius 1 is 1.10 bits per heavy atom. The van der Waals surface area contributed by atoms with Crippen LogP contribution in [0.2, 0.25) is 0 Å². The van der Waals surface area contributed by atoms with Crippen molar-refractivity contribution in [3.8, 4) is 0 Å². The molecule has 20 heavy (non-hydrogen) atoms. The van der Waals surface area contributed by atoms with Crippen LogP contribution in [0.25, 0.3) is 17.1 Å². The Morgan fingerprint density at radius 3 is 2.65 bits per heavy atom. The third kappa shape index (κ3) is 2.33. The molecule has 0 aliphatic rings. The highest BCUT2D eigenvalue weighted by atomic mass is 19.1. The van der Waals surface area contributed by atoms with Gasteiger partial charge in [0.15, 0.2) is 0 Å². The van der Waals surface area contributed by atoms with Gasteiger partial charge < -0.3 is 0 Å². The molecule has 0 radical (unpaired) electrons. The number of aromatic nitrogens is 3. The van der Waals surface area contributed by atoms with Gasteiger partial charge in [0.05, 0.1) is 5.52 Å². The maximum atomic E-state index is 12.8. The summed E-state index contributed by atoms with van der Waals surface area (Å²) in [5.41, 5.74) is 2.06. The van der Waals surface area contributed by atoms with Crippen LogP contribution < -0.4 is 0 Å². The van der Waals surface area contributed by atoms with E-state index in [9.17, 15) is 9.18 Å². The SMILES string of the molecule is O=C(/C=C\c1ccc(F)cc1)n1nnc2ccccc21. The Bertz CT molecular complexity index is 790. The molecule has 3 rings (SSSR count). The molecule has 0 aliphatic heterocycles. The zero-order valence-electron chi connectivity index (χ0n) is 10.4. The van der Waals surface area contributed by atoms with Crippen molar-refractivity contribution in [3.63, 3.8) is 0 Å². The predicted molar refractivity (Wildman–Crippen MR) is 73.6 cm³/mol. The minimum atomic E-state index is -0.309. The average molecular weight is 267 g/mol. The van der Waals surface area contributed by atoms with Crippen LogP contribution in [0.15, 0.2) is 54.6 Å². The molecule has 0 saturated carbocycles. The Kier molecular flexibility index (Phi) is 3.09. The zero-order valence-corrected chi connectivity index (χ0v) is 10.4. The quantitative estimate of drug-likeness (QED) is 0.671. The molecule has 0 atom stereocenters. The average Bonchev–Trinajstić information content (AvgIpc) is 2.90.